The van der Waals surface area contributed by atoms with E-state index in [1.807, 2.05) is 37.5 Å². The summed E-state index contributed by atoms with van der Waals surface area (Å²) in [5.74, 6) is 0.633. The molecule has 0 spiro atoms. The van der Waals surface area contributed by atoms with Crippen LogP contribution in [0.1, 0.15) is 37.4 Å². The van der Waals surface area contributed by atoms with E-state index < -0.39 is 16.3 Å². The molecule has 2 heterocycles. The number of aliphatic hydroxyl groups excluding tert-OH is 1. The Morgan fingerprint density at radius 2 is 2.00 bits per heavy atom. The van der Waals surface area contributed by atoms with Crippen LogP contribution in [0.4, 0.5) is 5.82 Å². The van der Waals surface area contributed by atoms with E-state index in [-0.39, 0.29) is 24.5 Å². The summed E-state index contributed by atoms with van der Waals surface area (Å²) in [4.78, 5) is 11.2. The van der Waals surface area contributed by atoms with E-state index in [0.717, 1.165) is 16.9 Å². The van der Waals surface area contributed by atoms with Crippen molar-refractivity contribution < 1.29 is 13.5 Å². The fourth-order valence-electron chi connectivity index (χ4n) is 4.42. The van der Waals surface area contributed by atoms with Gasteiger partial charge >= 0.3 is 0 Å². The van der Waals surface area contributed by atoms with E-state index in [1.165, 1.54) is 5.56 Å². The Morgan fingerprint density at radius 3 is 2.71 bits per heavy atom. The number of aliphatic hydroxyl groups is 1. The van der Waals surface area contributed by atoms with Crippen LogP contribution in [-0.2, 0) is 10.2 Å². The summed E-state index contributed by atoms with van der Waals surface area (Å²) < 4.78 is 26.7. The third kappa shape index (κ3) is 4.57. The Hall–Kier alpha value is -2.53. The summed E-state index contributed by atoms with van der Waals surface area (Å²) in [7, 11) is -1.76. The van der Waals surface area contributed by atoms with Gasteiger partial charge < -0.3 is 14.6 Å². The van der Waals surface area contributed by atoms with Crippen LogP contribution >= 0.6 is 0 Å². The van der Waals surface area contributed by atoms with Gasteiger partial charge in [-0.25, -0.2) is 19.8 Å². The number of benzene rings is 1. The first-order valence-corrected chi connectivity index (χ1v) is 11.8. The number of fused-ring (bicyclic) bond motifs is 1. The fourth-order valence-corrected chi connectivity index (χ4v) is 4.86. The largest absolute Gasteiger partial charge is 0.393 e. The van der Waals surface area contributed by atoms with E-state index in [0.29, 0.717) is 12.8 Å². The van der Waals surface area contributed by atoms with Gasteiger partial charge in [0.15, 0.2) is 0 Å². The van der Waals surface area contributed by atoms with Gasteiger partial charge in [0.2, 0.25) is 0 Å². The maximum atomic E-state index is 11.2. The number of hydrogen-bond acceptors (Lipinski definition) is 6. The van der Waals surface area contributed by atoms with Gasteiger partial charge in [-0.3, -0.25) is 0 Å². The summed E-state index contributed by atoms with van der Waals surface area (Å²) in [5.41, 5.74) is 2.00. The lowest BCUT2D eigenvalue weighted by Gasteiger charge is -2.27. The molecule has 9 nitrogen and oxygen atoms in total. The van der Waals surface area contributed by atoms with Gasteiger partial charge in [0.05, 0.1) is 17.5 Å². The van der Waals surface area contributed by atoms with Crippen molar-refractivity contribution in [1.29, 1.82) is 0 Å². The smallest absolute Gasteiger partial charge is 0.274 e. The molecule has 0 aliphatic heterocycles. The van der Waals surface area contributed by atoms with E-state index in [2.05, 4.69) is 43.2 Å². The molecule has 0 bridgehead atoms. The number of rotatable bonds is 7. The van der Waals surface area contributed by atoms with Crippen molar-refractivity contribution in [2.24, 2.45) is 11.1 Å². The molecule has 1 fully saturated rings. The molecule has 1 saturated carbocycles. The number of hydrogen-bond donors (Lipinski definition) is 3. The lowest BCUT2D eigenvalue weighted by atomic mass is 10.1. The maximum absolute atomic E-state index is 11.2. The van der Waals surface area contributed by atoms with Gasteiger partial charge in [-0.15, -0.1) is 0 Å². The number of aromatic nitrogens is 3. The van der Waals surface area contributed by atoms with Gasteiger partial charge in [-0.05, 0) is 31.4 Å². The summed E-state index contributed by atoms with van der Waals surface area (Å²) in [6.45, 7) is 2.25. The summed E-state index contributed by atoms with van der Waals surface area (Å²) in [6, 6.07) is 12.4. The molecule has 1 aliphatic carbocycles. The summed E-state index contributed by atoms with van der Waals surface area (Å²) in [5, 5.41) is 16.4. The Balaban J connectivity index is 1.58. The Labute approximate surface area is 182 Å². The summed E-state index contributed by atoms with van der Waals surface area (Å²) >= 11 is 0. The van der Waals surface area contributed by atoms with Crippen LogP contribution in [0.5, 0.6) is 0 Å². The predicted molar refractivity (Wildman–Crippen MR) is 120 cm³/mol. The molecule has 0 amide bonds. The van der Waals surface area contributed by atoms with E-state index in [4.69, 9.17) is 5.14 Å². The number of anilines is 1. The van der Waals surface area contributed by atoms with Gasteiger partial charge in [0, 0.05) is 31.7 Å². The predicted octanol–water partition coefficient (Wildman–Crippen LogP) is 1.73. The minimum atomic E-state index is -3.78. The summed E-state index contributed by atoms with van der Waals surface area (Å²) in [6.07, 6.45) is 4.07. The molecule has 10 heteroatoms. The zero-order valence-corrected chi connectivity index (χ0v) is 18.4. The monoisotopic (exact) mass is 444 g/mol. The van der Waals surface area contributed by atoms with Gasteiger partial charge in [0.25, 0.3) is 10.2 Å². The molecule has 4 N–H and O–H groups in total. The van der Waals surface area contributed by atoms with Crippen LogP contribution in [0, 0.1) is 5.92 Å². The molecule has 4 atom stereocenters. The number of nitrogens with one attached hydrogen (secondary N) is 1. The van der Waals surface area contributed by atoms with Crippen molar-refractivity contribution in [3.63, 3.8) is 0 Å². The zero-order valence-electron chi connectivity index (χ0n) is 17.6. The SMILES string of the molecule is C[C@@H](c1ccccc1)N(C)c1ncnc2c1ccn2[C@@H]1C[C@@H](CNS(N)(=O)=O)[C@@H](O)C1. The minimum absolute atomic E-state index is 0.0133. The fraction of sp³-hybridized carbons (Fsp3) is 0.429. The van der Waals surface area contributed by atoms with Crippen molar-refractivity contribution in [2.45, 2.75) is 38.0 Å². The highest BCUT2D eigenvalue weighted by atomic mass is 32.2. The molecule has 4 rings (SSSR count). The quantitative estimate of drug-likeness (QED) is 0.509. The molecule has 1 aliphatic rings. The second kappa shape index (κ2) is 8.54. The first-order valence-electron chi connectivity index (χ1n) is 10.3. The van der Waals surface area contributed by atoms with Gasteiger partial charge in [0.1, 0.15) is 17.8 Å². The number of nitrogens with two attached hydrogens (primary N) is 1. The van der Waals surface area contributed by atoms with Crippen LogP contribution in [-0.4, -0.2) is 47.8 Å². The van der Waals surface area contributed by atoms with Crippen LogP contribution < -0.4 is 14.8 Å². The van der Waals surface area contributed by atoms with Crippen molar-refractivity contribution in [3.05, 3.63) is 54.5 Å². The van der Waals surface area contributed by atoms with E-state index in [9.17, 15) is 13.5 Å². The third-order valence-corrected chi connectivity index (χ3v) is 6.83. The molecular weight excluding hydrogens is 416 g/mol. The molecule has 0 radical (unpaired) electrons. The van der Waals surface area contributed by atoms with Crippen molar-refractivity contribution in [2.75, 3.05) is 18.5 Å². The second-order valence-electron chi connectivity index (χ2n) is 8.20. The average Bonchev–Trinajstić information content (AvgIpc) is 3.34. The number of nitrogens with zero attached hydrogens (tertiary/aromatic N) is 4. The molecule has 31 heavy (non-hydrogen) atoms. The molecule has 2 aromatic heterocycles. The second-order valence-corrected chi connectivity index (χ2v) is 9.58. The zero-order chi connectivity index (χ0) is 22.2. The average molecular weight is 445 g/mol. The Morgan fingerprint density at radius 1 is 1.26 bits per heavy atom. The molecule has 3 aromatic rings. The van der Waals surface area contributed by atoms with E-state index >= 15 is 0 Å². The highest BCUT2D eigenvalue weighted by Gasteiger charge is 2.35. The van der Waals surface area contributed by atoms with Gasteiger partial charge in [-0.2, -0.15) is 8.42 Å². The van der Waals surface area contributed by atoms with Crippen LogP contribution in [0.25, 0.3) is 11.0 Å². The Bertz CT molecular complexity index is 1150. The molecule has 166 valence electrons. The van der Waals surface area contributed by atoms with Crippen LogP contribution in [0.15, 0.2) is 48.9 Å². The van der Waals surface area contributed by atoms with Gasteiger partial charge in [-0.1, -0.05) is 30.3 Å². The highest BCUT2D eigenvalue weighted by molar-refractivity contribution is 7.87. The maximum Gasteiger partial charge on any atom is 0.274 e. The highest BCUT2D eigenvalue weighted by Crippen LogP contribution is 2.38. The lowest BCUT2D eigenvalue weighted by Crippen LogP contribution is -2.36. The third-order valence-electron chi connectivity index (χ3n) is 6.26. The topological polar surface area (TPSA) is 126 Å². The minimum Gasteiger partial charge on any atom is -0.393 e. The van der Waals surface area contributed by atoms with E-state index in [1.54, 1.807) is 6.33 Å². The standard InChI is InChI=1S/C21H28N6O3S/c1-14(15-6-4-3-5-7-15)26(2)20-18-8-9-27(21(18)24-13-23-20)17-10-16(19(28)11-17)12-25-31(22,29)30/h3-9,13-14,16-17,19,25,28H,10-12H2,1-2H3,(H2,22,29,30)/t14-,16-,17+,19-/m0/s1. The molecule has 1 aromatic carbocycles. The Kier molecular flexibility index (Phi) is 5.98. The van der Waals surface area contributed by atoms with Crippen molar-refractivity contribution in [3.8, 4) is 0 Å². The van der Waals surface area contributed by atoms with Crippen LogP contribution in [0.2, 0.25) is 0 Å². The van der Waals surface area contributed by atoms with Crippen molar-refractivity contribution in [1.82, 2.24) is 19.3 Å². The molecule has 0 unspecified atom stereocenters. The van der Waals surface area contributed by atoms with Crippen LogP contribution in [0.3, 0.4) is 0 Å². The lowest BCUT2D eigenvalue weighted by molar-refractivity contribution is 0.133. The first-order chi connectivity index (χ1) is 14.7. The normalized spacial score (nSPS) is 22.6. The van der Waals surface area contributed by atoms with Crippen molar-refractivity contribution >= 4 is 27.1 Å². The molecule has 0 saturated heterocycles. The molecular formula is C21H28N6O3S. The first kappa shape index (κ1) is 21.7.